The third-order valence-electron chi connectivity index (χ3n) is 3.63. The van der Waals surface area contributed by atoms with E-state index in [9.17, 15) is 4.79 Å². The van der Waals surface area contributed by atoms with Crippen molar-refractivity contribution >= 4 is 17.5 Å². The van der Waals surface area contributed by atoms with E-state index >= 15 is 0 Å². The van der Waals surface area contributed by atoms with Crippen molar-refractivity contribution in [2.45, 2.75) is 0 Å². The van der Waals surface area contributed by atoms with E-state index in [0.717, 1.165) is 0 Å². The van der Waals surface area contributed by atoms with E-state index in [1.165, 1.54) is 0 Å². The number of likely N-dealkylation sites (N-methyl/N-ethyl adjacent to an activating group) is 1. The monoisotopic (exact) mass is 347 g/mol. The predicted octanol–water partition coefficient (Wildman–Crippen LogP) is 3.26. The second-order valence-corrected chi connectivity index (χ2v) is 5.83. The zero-order chi connectivity index (χ0) is 16.9. The van der Waals surface area contributed by atoms with Crippen molar-refractivity contribution in [2.75, 3.05) is 33.4 Å². The van der Waals surface area contributed by atoms with Crippen LogP contribution in [0, 0.1) is 0 Å². The van der Waals surface area contributed by atoms with Gasteiger partial charge < -0.3 is 19.1 Å². The molecule has 0 spiro atoms. The molecule has 6 heteroatoms. The standard InChI is InChI=1S/C18H18ClNO4/c1-20(7-8-22-15-4-2-3-14(19)12-15)18(21)13-5-6-16-17(11-13)24-10-9-23-16/h2-6,11-12H,7-10H2,1H3. The van der Waals surface area contributed by atoms with E-state index in [0.29, 0.717) is 54.2 Å². The SMILES string of the molecule is CN(CCOc1cccc(Cl)c1)C(=O)c1ccc2c(c1)OCCO2. The van der Waals surface area contributed by atoms with Crippen molar-refractivity contribution < 1.29 is 19.0 Å². The fourth-order valence-corrected chi connectivity index (χ4v) is 2.54. The molecule has 0 atom stereocenters. The molecule has 0 saturated heterocycles. The molecule has 1 aliphatic heterocycles. The van der Waals surface area contributed by atoms with Crippen LogP contribution in [0.25, 0.3) is 0 Å². The molecule has 0 aliphatic carbocycles. The molecule has 24 heavy (non-hydrogen) atoms. The van der Waals surface area contributed by atoms with Crippen LogP contribution in [0.1, 0.15) is 10.4 Å². The second kappa shape index (κ2) is 7.45. The largest absolute Gasteiger partial charge is 0.492 e. The number of hydrogen-bond acceptors (Lipinski definition) is 4. The van der Waals surface area contributed by atoms with E-state index in [1.54, 1.807) is 42.3 Å². The summed E-state index contributed by atoms with van der Waals surface area (Å²) in [6.07, 6.45) is 0. The van der Waals surface area contributed by atoms with Crippen LogP contribution in [0.15, 0.2) is 42.5 Å². The number of carbonyl (C=O) groups is 1. The first-order valence-electron chi connectivity index (χ1n) is 7.67. The maximum atomic E-state index is 12.5. The first-order valence-corrected chi connectivity index (χ1v) is 8.05. The highest BCUT2D eigenvalue weighted by atomic mass is 35.5. The van der Waals surface area contributed by atoms with Crippen molar-refractivity contribution in [3.05, 3.63) is 53.1 Å². The molecule has 2 aromatic carbocycles. The molecule has 1 amide bonds. The van der Waals surface area contributed by atoms with Crippen molar-refractivity contribution in [3.8, 4) is 17.2 Å². The summed E-state index contributed by atoms with van der Waals surface area (Å²) in [4.78, 5) is 14.1. The number of carbonyl (C=O) groups excluding carboxylic acids is 1. The van der Waals surface area contributed by atoms with Gasteiger partial charge in [0.1, 0.15) is 25.6 Å². The van der Waals surface area contributed by atoms with Crippen LogP contribution >= 0.6 is 11.6 Å². The Morgan fingerprint density at radius 1 is 1.17 bits per heavy atom. The van der Waals surface area contributed by atoms with Gasteiger partial charge in [0.25, 0.3) is 5.91 Å². The number of hydrogen-bond donors (Lipinski definition) is 0. The molecule has 0 aromatic heterocycles. The molecular formula is C18H18ClNO4. The molecular weight excluding hydrogens is 330 g/mol. The highest BCUT2D eigenvalue weighted by Gasteiger charge is 2.17. The maximum Gasteiger partial charge on any atom is 0.253 e. The Hall–Kier alpha value is -2.40. The van der Waals surface area contributed by atoms with Gasteiger partial charge in [-0.1, -0.05) is 17.7 Å². The Morgan fingerprint density at radius 3 is 2.75 bits per heavy atom. The van der Waals surface area contributed by atoms with Gasteiger partial charge in [0.05, 0.1) is 6.54 Å². The van der Waals surface area contributed by atoms with Gasteiger partial charge in [0, 0.05) is 17.6 Å². The van der Waals surface area contributed by atoms with Gasteiger partial charge in [-0.05, 0) is 36.4 Å². The molecule has 1 heterocycles. The average Bonchev–Trinajstić information content (AvgIpc) is 2.60. The van der Waals surface area contributed by atoms with Gasteiger partial charge in [-0.3, -0.25) is 4.79 Å². The average molecular weight is 348 g/mol. The van der Waals surface area contributed by atoms with E-state index in [-0.39, 0.29) is 5.91 Å². The number of ether oxygens (including phenoxy) is 3. The second-order valence-electron chi connectivity index (χ2n) is 5.39. The number of rotatable bonds is 5. The summed E-state index contributed by atoms with van der Waals surface area (Å²) in [6, 6.07) is 12.4. The molecule has 3 rings (SSSR count). The molecule has 0 fully saturated rings. The van der Waals surface area contributed by atoms with Gasteiger partial charge in [-0.15, -0.1) is 0 Å². The summed E-state index contributed by atoms with van der Waals surface area (Å²) in [5, 5.41) is 0.619. The van der Waals surface area contributed by atoms with E-state index < -0.39 is 0 Å². The molecule has 0 bridgehead atoms. The Morgan fingerprint density at radius 2 is 1.96 bits per heavy atom. The maximum absolute atomic E-state index is 12.5. The van der Waals surface area contributed by atoms with E-state index in [4.69, 9.17) is 25.8 Å². The Labute approximate surface area is 145 Å². The minimum atomic E-state index is -0.0957. The smallest absolute Gasteiger partial charge is 0.253 e. The van der Waals surface area contributed by atoms with Crippen molar-refractivity contribution in [3.63, 3.8) is 0 Å². The molecule has 0 unspecified atom stereocenters. The number of fused-ring (bicyclic) bond motifs is 1. The van der Waals surface area contributed by atoms with Crippen molar-refractivity contribution in [1.29, 1.82) is 0 Å². The van der Waals surface area contributed by atoms with Crippen LogP contribution in [0.5, 0.6) is 17.2 Å². The Balaban J connectivity index is 1.56. The summed E-state index contributed by atoms with van der Waals surface area (Å²) < 4.78 is 16.6. The molecule has 2 aromatic rings. The number of amides is 1. The normalized spacial score (nSPS) is 12.6. The molecule has 0 radical (unpaired) electrons. The van der Waals surface area contributed by atoms with E-state index in [2.05, 4.69) is 0 Å². The lowest BCUT2D eigenvalue weighted by atomic mass is 10.1. The third kappa shape index (κ3) is 3.92. The minimum Gasteiger partial charge on any atom is -0.492 e. The molecule has 0 saturated carbocycles. The van der Waals surface area contributed by atoms with Crippen LogP contribution in [0.4, 0.5) is 0 Å². The molecule has 0 N–H and O–H groups in total. The third-order valence-corrected chi connectivity index (χ3v) is 3.86. The lowest BCUT2D eigenvalue weighted by Crippen LogP contribution is -2.31. The van der Waals surface area contributed by atoms with Crippen LogP contribution in [0.2, 0.25) is 5.02 Å². The Kier molecular flexibility index (Phi) is 5.11. The van der Waals surface area contributed by atoms with Crippen LogP contribution in [0.3, 0.4) is 0 Å². The fraction of sp³-hybridized carbons (Fsp3) is 0.278. The number of benzene rings is 2. The van der Waals surface area contributed by atoms with Crippen molar-refractivity contribution in [1.82, 2.24) is 4.90 Å². The zero-order valence-corrected chi connectivity index (χ0v) is 14.1. The number of halogens is 1. The van der Waals surface area contributed by atoms with Crippen LogP contribution in [-0.4, -0.2) is 44.2 Å². The number of nitrogens with zero attached hydrogens (tertiary/aromatic N) is 1. The van der Waals surface area contributed by atoms with E-state index in [1.807, 2.05) is 12.1 Å². The first-order chi connectivity index (χ1) is 11.6. The van der Waals surface area contributed by atoms with Crippen LogP contribution < -0.4 is 14.2 Å². The topological polar surface area (TPSA) is 48.0 Å². The molecule has 1 aliphatic rings. The summed E-state index contributed by atoms with van der Waals surface area (Å²) in [5.41, 5.74) is 0.560. The summed E-state index contributed by atoms with van der Waals surface area (Å²) in [7, 11) is 1.74. The van der Waals surface area contributed by atoms with Gasteiger partial charge in [-0.25, -0.2) is 0 Å². The van der Waals surface area contributed by atoms with Gasteiger partial charge in [0.2, 0.25) is 0 Å². The molecule has 126 valence electrons. The quantitative estimate of drug-likeness (QED) is 0.833. The fourth-order valence-electron chi connectivity index (χ4n) is 2.36. The summed E-state index contributed by atoms with van der Waals surface area (Å²) in [5.74, 6) is 1.87. The van der Waals surface area contributed by atoms with Gasteiger partial charge in [-0.2, -0.15) is 0 Å². The summed E-state index contributed by atoms with van der Waals surface area (Å²) >= 11 is 5.91. The highest BCUT2D eigenvalue weighted by molar-refractivity contribution is 6.30. The van der Waals surface area contributed by atoms with Crippen molar-refractivity contribution in [2.24, 2.45) is 0 Å². The van der Waals surface area contributed by atoms with Crippen LogP contribution in [-0.2, 0) is 0 Å². The van der Waals surface area contributed by atoms with Gasteiger partial charge in [0.15, 0.2) is 11.5 Å². The molecule has 5 nitrogen and oxygen atoms in total. The van der Waals surface area contributed by atoms with Gasteiger partial charge >= 0.3 is 0 Å². The Bertz CT molecular complexity index is 735. The predicted molar refractivity (Wildman–Crippen MR) is 91.3 cm³/mol. The first kappa shape index (κ1) is 16.5. The lowest BCUT2D eigenvalue weighted by molar-refractivity contribution is 0.0772. The summed E-state index contributed by atoms with van der Waals surface area (Å²) in [6.45, 7) is 1.86. The lowest BCUT2D eigenvalue weighted by Gasteiger charge is -2.21. The zero-order valence-electron chi connectivity index (χ0n) is 13.3. The highest BCUT2D eigenvalue weighted by Crippen LogP contribution is 2.31. The minimum absolute atomic E-state index is 0.0957.